The lowest BCUT2D eigenvalue weighted by atomic mass is 9.96. The number of halogens is 2. The van der Waals surface area contributed by atoms with Gasteiger partial charge in [0.25, 0.3) is 11.7 Å². The number of aryl methyl sites for hydroxylation is 2. The summed E-state index contributed by atoms with van der Waals surface area (Å²) in [4.78, 5) is 32.0. The number of ketones is 1. The topological polar surface area (TPSA) is 43.9 Å². The molecule has 0 bridgehead atoms. The van der Waals surface area contributed by atoms with E-state index in [9.17, 15) is 9.59 Å². The number of nitrogens with zero attached hydrogens (tertiary/aromatic N) is 3. The molecule has 0 saturated carbocycles. The van der Waals surface area contributed by atoms with Gasteiger partial charge in [0.2, 0.25) is 0 Å². The lowest BCUT2D eigenvalue weighted by Gasteiger charge is -2.40. The van der Waals surface area contributed by atoms with Crippen LogP contribution in [0.3, 0.4) is 0 Å². The zero-order chi connectivity index (χ0) is 24.4. The number of hydrogen-bond acceptors (Lipinski definition) is 4. The Morgan fingerprint density at radius 2 is 1.24 bits per heavy atom. The number of carbonyl (C=O) groups excluding carboxylic acids is 2. The predicted molar refractivity (Wildman–Crippen MR) is 154 cm³/mol. The Balaban J connectivity index is 0.00000190. The number of benzene rings is 3. The largest absolute Gasteiger partial charge is 0.304 e. The van der Waals surface area contributed by atoms with Gasteiger partial charge in [-0.2, -0.15) is 0 Å². The molecule has 1 fully saturated rings. The smallest absolute Gasteiger partial charge is 0.299 e. The first-order valence-corrected chi connectivity index (χ1v) is 12.6. The van der Waals surface area contributed by atoms with Crippen LogP contribution in [0.15, 0.2) is 72.8 Å². The minimum absolute atomic E-state index is 0. The molecule has 2 heterocycles. The molecule has 3 aromatic carbocycles. The number of anilines is 1. The molecule has 37 heavy (non-hydrogen) atoms. The molecular weight excluding hydrogens is 505 g/mol. The Bertz CT molecular complexity index is 1170. The molecular formula is C30H35Cl2N3O2. The van der Waals surface area contributed by atoms with Gasteiger partial charge in [-0.1, -0.05) is 72.8 Å². The summed E-state index contributed by atoms with van der Waals surface area (Å²) in [5.41, 5.74) is 5.94. The second-order valence-electron chi connectivity index (χ2n) is 9.66. The van der Waals surface area contributed by atoms with Gasteiger partial charge in [0, 0.05) is 32.7 Å². The summed E-state index contributed by atoms with van der Waals surface area (Å²) in [5.74, 6) is -0.738. The van der Waals surface area contributed by atoms with Crippen LogP contribution >= 0.6 is 24.8 Å². The number of amides is 1. The number of hydrogen-bond donors (Lipinski definition) is 0. The third-order valence-corrected chi connectivity index (χ3v) is 7.38. The Morgan fingerprint density at radius 3 is 1.81 bits per heavy atom. The molecule has 2 aliphatic heterocycles. The molecule has 5 rings (SSSR count). The van der Waals surface area contributed by atoms with Crippen molar-refractivity contribution in [3.05, 3.63) is 101 Å². The van der Waals surface area contributed by atoms with Crippen molar-refractivity contribution >= 4 is 42.2 Å². The van der Waals surface area contributed by atoms with Crippen LogP contribution in [0.4, 0.5) is 5.69 Å². The van der Waals surface area contributed by atoms with Crippen molar-refractivity contribution in [2.75, 3.05) is 44.2 Å². The van der Waals surface area contributed by atoms with Gasteiger partial charge in [-0.3, -0.25) is 14.5 Å². The van der Waals surface area contributed by atoms with E-state index in [1.54, 1.807) is 4.90 Å². The van der Waals surface area contributed by atoms with Crippen molar-refractivity contribution in [3.63, 3.8) is 0 Å². The van der Waals surface area contributed by atoms with Gasteiger partial charge in [-0.05, 0) is 49.1 Å². The number of fused-ring (bicyclic) bond motifs is 1. The van der Waals surface area contributed by atoms with Crippen LogP contribution in [-0.4, -0.2) is 60.8 Å². The molecule has 1 saturated heterocycles. The highest BCUT2D eigenvalue weighted by atomic mass is 35.5. The summed E-state index contributed by atoms with van der Waals surface area (Å²) in [6, 6.07) is 25.7. The lowest BCUT2D eigenvalue weighted by Crippen LogP contribution is -2.48. The molecule has 0 atom stereocenters. The van der Waals surface area contributed by atoms with E-state index in [2.05, 4.69) is 70.5 Å². The molecule has 196 valence electrons. The highest BCUT2D eigenvalue weighted by Gasteiger charge is 2.37. The summed E-state index contributed by atoms with van der Waals surface area (Å²) in [5, 5.41) is 0. The van der Waals surface area contributed by atoms with Gasteiger partial charge in [0.15, 0.2) is 0 Å². The van der Waals surface area contributed by atoms with Crippen molar-refractivity contribution in [1.29, 1.82) is 0 Å². The summed E-state index contributed by atoms with van der Waals surface area (Å²) in [6.07, 6.45) is 0.854. The first-order chi connectivity index (χ1) is 17.0. The van der Waals surface area contributed by atoms with Gasteiger partial charge in [-0.25, -0.2) is 0 Å². The second kappa shape index (κ2) is 12.7. The first kappa shape index (κ1) is 28.9. The molecule has 0 radical (unpaired) electrons. The second-order valence-corrected chi connectivity index (χ2v) is 9.66. The van der Waals surface area contributed by atoms with E-state index in [1.165, 1.54) is 11.1 Å². The highest BCUT2D eigenvalue weighted by molar-refractivity contribution is 6.52. The molecule has 3 aromatic rings. The van der Waals surface area contributed by atoms with E-state index in [0.717, 1.165) is 56.0 Å². The van der Waals surface area contributed by atoms with Crippen molar-refractivity contribution in [3.8, 4) is 0 Å². The summed E-state index contributed by atoms with van der Waals surface area (Å²) >= 11 is 0. The molecule has 1 amide bonds. The highest BCUT2D eigenvalue weighted by Crippen LogP contribution is 2.35. The first-order valence-electron chi connectivity index (χ1n) is 12.6. The van der Waals surface area contributed by atoms with E-state index in [-0.39, 0.29) is 42.5 Å². The number of piperazine rings is 1. The van der Waals surface area contributed by atoms with Crippen molar-refractivity contribution in [2.45, 2.75) is 26.3 Å². The number of carbonyl (C=O) groups is 2. The van der Waals surface area contributed by atoms with Gasteiger partial charge in [-0.15, -0.1) is 24.8 Å². The maximum Gasteiger partial charge on any atom is 0.299 e. The van der Waals surface area contributed by atoms with Crippen LogP contribution in [0.1, 0.15) is 45.1 Å². The van der Waals surface area contributed by atoms with E-state index in [1.807, 2.05) is 26.0 Å². The average molecular weight is 541 g/mol. The van der Waals surface area contributed by atoms with E-state index < -0.39 is 0 Å². The van der Waals surface area contributed by atoms with Crippen LogP contribution in [0.5, 0.6) is 0 Å². The number of Topliss-reactive ketones (excluding diaryl/α,β-unsaturated/α-hetero) is 1. The fraction of sp³-hybridized carbons (Fsp3) is 0.333. The molecule has 0 spiro atoms. The third kappa shape index (κ3) is 5.91. The molecule has 7 heteroatoms. The van der Waals surface area contributed by atoms with Gasteiger partial charge < -0.3 is 9.80 Å². The predicted octanol–water partition coefficient (Wildman–Crippen LogP) is 5.47. The molecule has 0 aromatic heterocycles. The van der Waals surface area contributed by atoms with E-state index in [4.69, 9.17) is 0 Å². The van der Waals surface area contributed by atoms with Crippen LogP contribution in [-0.2, 0) is 4.79 Å². The summed E-state index contributed by atoms with van der Waals surface area (Å²) < 4.78 is 0. The standard InChI is InChI=1S/C30H33N3O2.2ClH/c1-22-14-15-23(2)27-26(22)29(34)30(35)33(27)17-9-16-31-18-20-32(21-19-31)28(24-10-5-3-6-11-24)25-12-7-4-8-13-25;;/h3-8,10-15,28H,9,16-21H2,1-2H3;2*1H. The fourth-order valence-corrected chi connectivity index (χ4v) is 5.56. The maximum absolute atomic E-state index is 12.7. The van der Waals surface area contributed by atoms with Gasteiger partial charge in [0.05, 0.1) is 17.3 Å². The third-order valence-electron chi connectivity index (χ3n) is 7.38. The van der Waals surface area contributed by atoms with Crippen molar-refractivity contribution in [1.82, 2.24) is 9.80 Å². The van der Waals surface area contributed by atoms with Gasteiger partial charge in [0.1, 0.15) is 0 Å². The molecule has 0 aliphatic carbocycles. The Hall–Kier alpha value is -2.70. The Morgan fingerprint density at radius 1 is 0.703 bits per heavy atom. The average Bonchev–Trinajstić information content (AvgIpc) is 3.15. The summed E-state index contributed by atoms with van der Waals surface area (Å²) in [6.45, 7) is 9.38. The monoisotopic (exact) mass is 539 g/mol. The van der Waals surface area contributed by atoms with Crippen LogP contribution in [0, 0.1) is 13.8 Å². The van der Waals surface area contributed by atoms with Crippen molar-refractivity contribution < 1.29 is 9.59 Å². The van der Waals surface area contributed by atoms with E-state index >= 15 is 0 Å². The quantitative estimate of drug-likeness (QED) is 0.373. The molecule has 2 aliphatic rings. The minimum Gasteiger partial charge on any atom is -0.304 e. The zero-order valence-electron chi connectivity index (χ0n) is 21.4. The van der Waals surface area contributed by atoms with Crippen molar-refractivity contribution in [2.24, 2.45) is 0 Å². The fourth-order valence-electron chi connectivity index (χ4n) is 5.56. The van der Waals surface area contributed by atoms with Gasteiger partial charge >= 0.3 is 0 Å². The lowest BCUT2D eigenvalue weighted by molar-refractivity contribution is -0.114. The SMILES string of the molecule is Cc1ccc(C)c2c1C(=O)C(=O)N2CCCN1CCN(C(c2ccccc2)c2ccccc2)CC1.Cl.Cl. The molecule has 0 unspecified atom stereocenters. The molecule has 5 nitrogen and oxygen atoms in total. The van der Waals surface area contributed by atoms with Crippen LogP contribution in [0.2, 0.25) is 0 Å². The van der Waals surface area contributed by atoms with Crippen LogP contribution < -0.4 is 4.90 Å². The number of rotatable bonds is 7. The minimum atomic E-state index is -0.379. The summed E-state index contributed by atoms with van der Waals surface area (Å²) in [7, 11) is 0. The normalized spacial score (nSPS) is 15.9. The Kier molecular flexibility index (Phi) is 9.91. The maximum atomic E-state index is 12.7. The Labute approximate surface area is 232 Å². The zero-order valence-corrected chi connectivity index (χ0v) is 23.1. The van der Waals surface area contributed by atoms with E-state index in [0.29, 0.717) is 12.1 Å². The van der Waals surface area contributed by atoms with Crippen LogP contribution in [0.25, 0.3) is 0 Å². The molecule has 0 N–H and O–H groups in total.